The van der Waals surface area contributed by atoms with E-state index in [0.717, 1.165) is 57.4 Å². The molecule has 2 aliphatic rings. The van der Waals surface area contributed by atoms with E-state index >= 15 is 0 Å². The third-order valence-electron chi connectivity index (χ3n) is 6.76. The zero-order valence-corrected chi connectivity index (χ0v) is 17.5. The second-order valence-corrected chi connectivity index (χ2v) is 8.60. The van der Waals surface area contributed by atoms with Crippen LogP contribution in [0.1, 0.15) is 24.8 Å². The van der Waals surface area contributed by atoms with Gasteiger partial charge in [-0.05, 0) is 55.4 Å². The van der Waals surface area contributed by atoms with Crippen molar-refractivity contribution in [1.82, 2.24) is 4.98 Å². The predicted octanol–water partition coefficient (Wildman–Crippen LogP) is 4.56. The molecule has 0 aliphatic carbocycles. The minimum Gasteiger partial charge on any atom is -0.508 e. The van der Waals surface area contributed by atoms with Crippen molar-refractivity contribution in [2.75, 3.05) is 49.2 Å². The number of anilines is 2. The van der Waals surface area contributed by atoms with Crippen LogP contribution in [0.5, 0.6) is 5.75 Å². The number of nitrogens with zero attached hydrogens (tertiary/aromatic N) is 2. The van der Waals surface area contributed by atoms with Gasteiger partial charge in [0.1, 0.15) is 5.75 Å². The first-order chi connectivity index (χ1) is 14.8. The van der Waals surface area contributed by atoms with Crippen LogP contribution in [0.15, 0.2) is 48.7 Å². The van der Waals surface area contributed by atoms with Gasteiger partial charge in [-0.2, -0.15) is 0 Å². The number of ether oxygens (including phenoxy) is 1. The molecule has 0 atom stereocenters. The third-order valence-corrected chi connectivity index (χ3v) is 6.76. The van der Waals surface area contributed by atoms with Crippen molar-refractivity contribution in [1.29, 1.82) is 0 Å². The van der Waals surface area contributed by atoms with Crippen molar-refractivity contribution in [3.05, 3.63) is 54.2 Å². The molecule has 5 heteroatoms. The molecule has 30 heavy (non-hydrogen) atoms. The van der Waals surface area contributed by atoms with E-state index < -0.39 is 0 Å². The molecule has 2 aliphatic heterocycles. The Labute approximate surface area is 178 Å². The lowest BCUT2D eigenvalue weighted by Crippen LogP contribution is -2.39. The summed E-state index contributed by atoms with van der Waals surface area (Å²) in [5.74, 6) is 1.12. The Morgan fingerprint density at radius 1 is 0.933 bits per heavy atom. The molecule has 0 spiro atoms. The number of phenols is 1. The maximum absolute atomic E-state index is 10.1. The zero-order chi connectivity index (χ0) is 20.3. The lowest BCUT2D eigenvalue weighted by Gasteiger charge is -2.38. The molecular formula is C25H31N3O2. The SMILES string of the molecule is Oc1ccc(N2CCC(CCc3c[nH]c4ccccc34)CC2)c(N2CCOCC2)c1. The number of phenolic OH excluding ortho intramolecular Hbond substituents is 1. The minimum absolute atomic E-state index is 0.342. The zero-order valence-electron chi connectivity index (χ0n) is 17.5. The Balaban J connectivity index is 1.22. The predicted molar refractivity (Wildman–Crippen MR) is 123 cm³/mol. The lowest BCUT2D eigenvalue weighted by molar-refractivity contribution is 0.122. The van der Waals surface area contributed by atoms with Gasteiger partial charge in [0, 0.05) is 49.3 Å². The fourth-order valence-electron chi connectivity index (χ4n) is 5.00. The van der Waals surface area contributed by atoms with Gasteiger partial charge in [-0.15, -0.1) is 0 Å². The molecule has 0 bridgehead atoms. The number of hydrogen-bond donors (Lipinski definition) is 2. The van der Waals surface area contributed by atoms with Gasteiger partial charge in [0.05, 0.1) is 24.6 Å². The van der Waals surface area contributed by atoms with E-state index in [-0.39, 0.29) is 0 Å². The van der Waals surface area contributed by atoms with Gasteiger partial charge in [-0.3, -0.25) is 0 Å². The van der Waals surface area contributed by atoms with Crippen molar-refractivity contribution < 1.29 is 9.84 Å². The highest BCUT2D eigenvalue weighted by Crippen LogP contribution is 2.36. The number of rotatable bonds is 5. The number of aromatic hydroxyl groups is 1. The number of nitrogens with one attached hydrogen (secondary N) is 1. The molecule has 2 N–H and O–H groups in total. The molecule has 0 radical (unpaired) electrons. The summed E-state index contributed by atoms with van der Waals surface area (Å²) >= 11 is 0. The lowest BCUT2D eigenvalue weighted by atomic mass is 9.90. The average Bonchev–Trinajstić information content (AvgIpc) is 3.22. The smallest absolute Gasteiger partial charge is 0.117 e. The molecule has 3 aromatic rings. The van der Waals surface area contributed by atoms with E-state index in [4.69, 9.17) is 4.74 Å². The van der Waals surface area contributed by atoms with E-state index in [1.54, 1.807) is 0 Å². The summed E-state index contributed by atoms with van der Waals surface area (Å²) in [6.45, 7) is 5.45. The van der Waals surface area contributed by atoms with Crippen LogP contribution >= 0.6 is 0 Å². The maximum Gasteiger partial charge on any atom is 0.117 e. The van der Waals surface area contributed by atoms with Crippen LogP contribution in [0.25, 0.3) is 10.9 Å². The van der Waals surface area contributed by atoms with E-state index in [1.165, 1.54) is 41.4 Å². The number of aromatic nitrogens is 1. The monoisotopic (exact) mass is 405 g/mol. The molecule has 0 unspecified atom stereocenters. The summed E-state index contributed by atoms with van der Waals surface area (Å²) in [4.78, 5) is 8.26. The van der Waals surface area contributed by atoms with Gasteiger partial charge in [0.2, 0.25) is 0 Å². The number of aromatic amines is 1. The fraction of sp³-hybridized carbons (Fsp3) is 0.440. The first-order valence-electron chi connectivity index (χ1n) is 11.2. The Morgan fingerprint density at radius 2 is 1.70 bits per heavy atom. The summed E-state index contributed by atoms with van der Waals surface area (Å²) in [6, 6.07) is 14.4. The van der Waals surface area contributed by atoms with Crippen LogP contribution in [-0.4, -0.2) is 49.5 Å². The second kappa shape index (κ2) is 8.60. The largest absolute Gasteiger partial charge is 0.508 e. The van der Waals surface area contributed by atoms with Crippen molar-refractivity contribution in [3.8, 4) is 5.75 Å². The van der Waals surface area contributed by atoms with Crippen LogP contribution in [-0.2, 0) is 11.2 Å². The van der Waals surface area contributed by atoms with Crippen molar-refractivity contribution in [2.24, 2.45) is 5.92 Å². The molecule has 0 amide bonds. The molecule has 1 aromatic heterocycles. The van der Waals surface area contributed by atoms with Crippen molar-refractivity contribution in [3.63, 3.8) is 0 Å². The highest BCUT2D eigenvalue weighted by Gasteiger charge is 2.24. The summed E-state index contributed by atoms with van der Waals surface area (Å²) in [5.41, 5.74) is 5.09. The standard InChI is InChI=1S/C25H31N3O2/c29-21-7-8-24(25(17-21)28-13-15-30-16-14-28)27-11-9-19(10-12-27)5-6-20-18-26-23-4-2-1-3-22(20)23/h1-4,7-8,17-19,26,29H,5-6,9-16H2. The summed E-state index contributed by atoms with van der Waals surface area (Å²) in [7, 11) is 0. The van der Waals surface area contributed by atoms with E-state index in [2.05, 4.69) is 51.3 Å². The molecule has 2 saturated heterocycles. The van der Waals surface area contributed by atoms with Crippen molar-refractivity contribution >= 4 is 22.3 Å². The van der Waals surface area contributed by atoms with Crippen LogP contribution in [0.2, 0.25) is 0 Å². The normalized spacial score (nSPS) is 18.3. The fourth-order valence-corrected chi connectivity index (χ4v) is 5.00. The summed E-state index contributed by atoms with van der Waals surface area (Å²) in [5, 5.41) is 11.4. The van der Waals surface area contributed by atoms with Crippen LogP contribution in [0.3, 0.4) is 0 Å². The summed E-state index contributed by atoms with van der Waals surface area (Å²) in [6.07, 6.45) is 7.04. The second-order valence-electron chi connectivity index (χ2n) is 8.60. The van der Waals surface area contributed by atoms with Gasteiger partial charge >= 0.3 is 0 Å². The molecule has 0 saturated carbocycles. The quantitative estimate of drug-likeness (QED) is 0.653. The number of aryl methyl sites for hydroxylation is 1. The highest BCUT2D eigenvalue weighted by atomic mass is 16.5. The first-order valence-corrected chi connectivity index (χ1v) is 11.2. The highest BCUT2D eigenvalue weighted by molar-refractivity contribution is 5.83. The maximum atomic E-state index is 10.1. The molecule has 158 valence electrons. The Bertz CT molecular complexity index is 985. The number of H-pyrrole nitrogens is 1. The number of hydrogen-bond acceptors (Lipinski definition) is 4. The number of piperidine rings is 1. The molecule has 5 nitrogen and oxygen atoms in total. The van der Waals surface area contributed by atoms with Gasteiger partial charge in [0.15, 0.2) is 0 Å². The molecule has 5 rings (SSSR count). The number of benzene rings is 2. The molecule has 2 aromatic carbocycles. The van der Waals surface area contributed by atoms with E-state index in [0.29, 0.717) is 5.75 Å². The number of para-hydroxylation sites is 1. The molecule has 3 heterocycles. The Hall–Kier alpha value is -2.66. The third kappa shape index (κ3) is 3.99. The topological polar surface area (TPSA) is 51.7 Å². The molecular weight excluding hydrogens is 374 g/mol. The minimum atomic E-state index is 0.342. The van der Waals surface area contributed by atoms with E-state index in [9.17, 15) is 5.11 Å². The number of fused-ring (bicyclic) bond motifs is 1. The number of morpholine rings is 1. The Morgan fingerprint density at radius 3 is 2.53 bits per heavy atom. The average molecular weight is 406 g/mol. The Kier molecular flexibility index (Phi) is 5.54. The summed E-state index contributed by atoms with van der Waals surface area (Å²) < 4.78 is 5.52. The van der Waals surface area contributed by atoms with Gasteiger partial charge in [-0.25, -0.2) is 0 Å². The first kappa shape index (κ1) is 19.3. The van der Waals surface area contributed by atoms with Gasteiger partial charge < -0.3 is 24.6 Å². The van der Waals surface area contributed by atoms with Crippen LogP contribution in [0.4, 0.5) is 11.4 Å². The molecule has 2 fully saturated rings. The van der Waals surface area contributed by atoms with Gasteiger partial charge in [0.25, 0.3) is 0 Å². The van der Waals surface area contributed by atoms with Crippen LogP contribution in [0, 0.1) is 5.92 Å². The van der Waals surface area contributed by atoms with Gasteiger partial charge in [-0.1, -0.05) is 18.2 Å². The van der Waals surface area contributed by atoms with Crippen LogP contribution < -0.4 is 9.80 Å². The van der Waals surface area contributed by atoms with E-state index in [1.807, 2.05) is 12.1 Å². The van der Waals surface area contributed by atoms with Crippen molar-refractivity contribution in [2.45, 2.75) is 25.7 Å².